The minimum Gasteiger partial charge on any atom is -0.394 e. The number of aldehydes is 1. The molecule has 8 rings (SSSR count). The van der Waals surface area contributed by atoms with Crippen molar-refractivity contribution < 1.29 is 29.0 Å². The first-order valence-electron chi connectivity index (χ1n) is 17.5. The van der Waals surface area contributed by atoms with Crippen LogP contribution < -0.4 is 4.90 Å². The van der Waals surface area contributed by atoms with Crippen molar-refractivity contribution in [1.82, 2.24) is 29.8 Å². The van der Waals surface area contributed by atoms with Crippen molar-refractivity contribution in [2.75, 3.05) is 44.9 Å². The fourth-order valence-corrected chi connectivity index (χ4v) is 9.55. The summed E-state index contributed by atoms with van der Waals surface area (Å²) in [5, 5.41) is 31.8. The zero-order chi connectivity index (χ0) is 32.6. The van der Waals surface area contributed by atoms with Crippen LogP contribution in [0.5, 0.6) is 0 Å². The van der Waals surface area contributed by atoms with Crippen LogP contribution in [0.2, 0.25) is 0 Å². The highest BCUT2D eigenvalue weighted by Gasteiger charge is 2.61. The number of piperidine rings is 1. The molecule has 3 aliphatic heterocycles. The summed E-state index contributed by atoms with van der Waals surface area (Å²) in [4.78, 5) is 27.2. The predicted octanol–water partition coefficient (Wildman–Crippen LogP) is 3.55. The smallest absolute Gasteiger partial charge is 0.186 e. The fraction of sp³-hybridized carbons (Fsp3) is 0.735. The number of ether oxygens (including phenoxy) is 2. The third-order valence-corrected chi connectivity index (χ3v) is 11.9. The first-order chi connectivity index (χ1) is 22.7. The van der Waals surface area contributed by atoms with Crippen LogP contribution >= 0.6 is 0 Å². The predicted molar refractivity (Wildman–Crippen MR) is 172 cm³/mol. The van der Waals surface area contributed by atoms with Gasteiger partial charge in [-0.2, -0.15) is 5.10 Å². The highest BCUT2D eigenvalue weighted by molar-refractivity contribution is 6.01. The highest BCUT2D eigenvalue weighted by Crippen LogP contribution is 2.57. The Balaban J connectivity index is 1.33. The molecule has 0 bridgehead atoms. The lowest BCUT2D eigenvalue weighted by atomic mass is 9.61. The number of β-amino-alcohol motifs (C(OH)–C–C–N with tert-alkyl or cyclic N) is 1. The Morgan fingerprint density at radius 3 is 2.60 bits per heavy atom. The number of fused-ring (bicyclic) bond motifs is 4. The van der Waals surface area contributed by atoms with Gasteiger partial charge in [0.15, 0.2) is 35.0 Å². The van der Waals surface area contributed by atoms with Gasteiger partial charge in [0.2, 0.25) is 0 Å². The Labute approximate surface area is 274 Å². The molecule has 254 valence electrons. The van der Waals surface area contributed by atoms with Gasteiger partial charge in [-0.05, 0) is 85.2 Å². The molecule has 6 heterocycles. The molecule has 0 radical (unpaired) electrons. The van der Waals surface area contributed by atoms with Gasteiger partial charge in [-0.3, -0.25) is 4.79 Å². The van der Waals surface area contributed by atoms with E-state index >= 15 is 0 Å². The summed E-state index contributed by atoms with van der Waals surface area (Å²) in [6.45, 7) is 6.20. The van der Waals surface area contributed by atoms with E-state index in [0.29, 0.717) is 54.4 Å². The number of hydrogen-bond acceptors (Lipinski definition) is 12. The van der Waals surface area contributed by atoms with Crippen LogP contribution in [0.15, 0.2) is 4.52 Å². The summed E-state index contributed by atoms with van der Waals surface area (Å²) in [7, 11) is 2.13. The normalized spacial score (nSPS) is 31.6. The van der Waals surface area contributed by atoms with E-state index < -0.39 is 16.8 Å². The number of carbonyl (C=O) groups excluding carboxylic acids is 1. The molecule has 4 fully saturated rings. The van der Waals surface area contributed by atoms with E-state index in [9.17, 15) is 15.0 Å². The van der Waals surface area contributed by atoms with Crippen molar-refractivity contribution in [3.8, 4) is 11.5 Å². The quantitative estimate of drug-likeness (QED) is 0.376. The average molecular weight is 650 g/mol. The summed E-state index contributed by atoms with van der Waals surface area (Å²) in [6.07, 6.45) is 10.4. The second-order valence-electron chi connectivity index (χ2n) is 14.9. The molecule has 3 aromatic rings. The molecule has 0 aromatic carbocycles. The Hall–Kier alpha value is -2.97. The molecular formula is C34H47N7O6. The zero-order valence-electron chi connectivity index (χ0n) is 27.8. The summed E-state index contributed by atoms with van der Waals surface area (Å²) in [5.74, 6) is 0.979. The number of anilines is 1. The molecule has 5 atom stereocenters. The summed E-state index contributed by atoms with van der Waals surface area (Å²) < 4.78 is 21.0. The van der Waals surface area contributed by atoms with Crippen LogP contribution in [0.25, 0.3) is 22.6 Å². The molecule has 0 amide bonds. The van der Waals surface area contributed by atoms with Crippen LogP contribution in [0, 0.1) is 0 Å². The van der Waals surface area contributed by atoms with E-state index in [0.717, 1.165) is 81.9 Å². The molecule has 3 aromatic heterocycles. The molecule has 2 spiro atoms. The lowest BCUT2D eigenvalue weighted by Gasteiger charge is -2.50. The van der Waals surface area contributed by atoms with Gasteiger partial charge in [0, 0.05) is 24.6 Å². The van der Waals surface area contributed by atoms with E-state index in [1.54, 1.807) is 6.92 Å². The van der Waals surface area contributed by atoms with Crippen LogP contribution in [-0.2, 0) is 21.3 Å². The van der Waals surface area contributed by atoms with Gasteiger partial charge in [0.1, 0.15) is 11.5 Å². The van der Waals surface area contributed by atoms with Crippen LogP contribution in [0.3, 0.4) is 0 Å². The summed E-state index contributed by atoms with van der Waals surface area (Å²) >= 11 is 0. The van der Waals surface area contributed by atoms with E-state index in [1.165, 1.54) is 0 Å². The SMILES string of the molecule is C[C@@H]([C@@H]1CCCN1C)n1nc(C=O)c2c(N3C[C@](C)(O)CC[C@@H]3CO)nc(-c3noc4c3CCC[C@@]43CCCCC34OCCO4)nc21. The van der Waals surface area contributed by atoms with Crippen molar-refractivity contribution in [1.29, 1.82) is 0 Å². The molecular weight excluding hydrogens is 602 g/mol. The number of rotatable bonds is 6. The molecule has 13 heteroatoms. The lowest BCUT2D eigenvalue weighted by Crippen LogP contribution is -2.56. The van der Waals surface area contributed by atoms with Crippen molar-refractivity contribution in [2.45, 2.75) is 119 Å². The second kappa shape index (κ2) is 11.6. The topological polar surface area (TPSA) is 152 Å². The number of likely N-dealkylation sites (N-methyl/N-ethyl adjacent to an activating group) is 1. The number of aliphatic hydroxyl groups is 2. The first kappa shape index (κ1) is 31.3. The Morgan fingerprint density at radius 2 is 1.85 bits per heavy atom. The molecule has 1 saturated carbocycles. The second-order valence-corrected chi connectivity index (χ2v) is 14.9. The number of hydrogen-bond donors (Lipinski definition) is 2. The van der Waals surface area contributed by atoms with Gasteiger partial charge >= 0.3 is 0 Å². The van der Waals surface area contributed by atoms with Crippen molar-refractivity contribution in [2.24, 2.45) is 0 Å². The molecule has 5 aliphatic rings. The number of likely N-dealkylation sites (tertiary alicyclic amines) is 1. The van der Waals surface area contributed by atoms with Crippen molar-refractivity contribution in [3.05, 3.63) is 17.0 Å². The van der Waals surface area contributed by atoms with Crippen LogP contribution in [-0.4, -0.2) is 110 Å². The zero-order valence-corrected chi connectivity index (χ0v) is 27.8. The van der Waals surface area contributed by atoms with Gasteiger partial charge in [0.05, 0.1) is 48.3 Å². The molecule has 0 unspecified atom stereocenters. The monoisotopic (exact) mass is 649 g/mol. The molecule has 3 saturated heterocycles. The maximum absolute atomic E-state index is 12.6. The van der Waals surface area contributed by atoms with Crippen LogP contribution in [0.1, 0.15) is 106 Å². The summed E-state index contributed by atoms with van der Waals surface area (Å²) in [5.41, 5.74) is 0.927. The third-order valence-electron chi connectivity index (χ3n) is 11.9. The van der Waals surface area contributed by atoms with Gasteiger partial charge in [-0.15, -0.1) is 0 Å². The number of nitrogens with zero attached hydrogens (tertiary/aromatic N) is 7. The number of aromatic nitrogens is 5. The lowest BCUT2D eigenvalue weighted by molar-refractivity contribution is -0.235. The first-order valence-corrected chi connectivity index (χ1v) is 17.5. The van der Waals surface area contributed by atoms with Crippen molar-refractivity contribution >= 4 is 23.1 Å². The Morgan fingerprint density at radius 1 is 1.06 bits per heavy atom. The molecule has 2 aliphatic carbocycles. The Kier molecular flexibility index (Phi) is 7.71. The largest absolute Gasteiger partial charge is 0.394 e. The maximum Gasteiger partial charge on any atom is 0.186 e. The highest BCUT2D eigenvalue weighted by atomic mass is 16.7. The van der Waals surface area contributed by atoms with Gasteiger partial charge in [-0.1, -0.05) is 11.6 Å². The average Bonchev–Trinajstić information content (AvgIpc) is 3.88. The van der Waals surface area contributed by atoms with E-state index in [2.05, 4.69) is 24.0 Å². The van der Waals surface area contributed by atoms with E-state index in [1.807, 2.05) is 9.58 Å². The number of aliphatic hydroxyl groups excluding tert-OH is 1. The van der Waals surface area contributed by atoms with Crippen LogP contribution in [0.4, 0.5) is 5.82 Å². The van der Waals surface area contributed by atoms with Gasteiger partial charge in [0.25, 0.3) is 0 Å². The fourth-order valence-electron chi connectivity index (χ4n) is 9.55. The maximum atomic E-state index is 12.6. The molecule has 13 nitrogen and oxygen atoms in total. The van der Waals surface area contributed by atoms with E-state index in [4.69, 9.17) is 29.1 Å². The molecule has 47 heavy (non-hydrogen) atoms. The van der Waals surface area contributed by atoms with Gasteiger partial charge < -0.3 is 34.0 Å². The van der Waals surface area contributed by atoms with Crippen molar-refractivity contribution in [3.63, 3.8) is 0 Å². The standard InChI is InChI=1S/C34H47N7O6/c1-21(25-9-7-15-39(25)3)41-31-26(24(19-43)37-41)30(40-20-32(2,44)14-10-22(40)18-42)35-29(36-31)27-23-8-6-12-33(28(23)47-38-27)11-4-5-13-34(33)45-16-17-46-34/h19,21-22,25,42,44H,4-18,20H2,1-3H3/t21-,22+,25-,32+,33-/m0/s1. The Bertz CT molecular complexity index is 1660. The third kappa shape index (κ3) is 4.79. The number of carbonyl (C=O) groups is 1. The minimum atomic E-state index is -1.00. The van der Waals surface area contributed by atoms with E-state index in [-0.39, 0.29) is 37.0 Å². The molecule has 2 N–H and O–H groups in total. The van der Waals surface area contributed by atoms with Gasteiger partial charge in [-0.25, -0.2) is 14.6 Å². The minimum absolute atomic E-state index is 0.0688. The summed E-state index contributed by atoms with van der Waals surface area (Å²) in [6, 6.07) is -0.134.